The van der Waals surface area contributed by atoms with Crippen molar-refractivity contribution in [3.8, 4) is 11.1 Å². The van der Waals surface area contributed by atoms with E-state index in [1.165, 1.54) is 5.56 Å². The van der Waals surface area contributed by atoms with E-state index in [2.05, 4.69) is 41.4 Å². The summed E-state index contributed by atoms with van der Waals surface area (Å²) < 4.78 is 0. The quantitative estimate of drug-likeness (QED) is 0.732. The summed E-state index contributed by atoms with van der Waals surface area (Å²) in [6, 6.07) is 12.0. The van der Waals surface area contributed by atoms with Gasteiger partial charge in [-0.1, -0.05) is 41.1 Å². The molecule has 0 saturated heterocycles. The Hall–Kier alpha value is -2.03. The van der Waals surface area contributed by atoms with Crippen LogP contribution in [-0.2, 0) is 6.54 Å². The van der Waals surface area contributed by atoms with Gasteiger partial charge in [0.05, 0.1) is 5.69 Å². The van der Waals surface area contributed by atoms with Gasteiger partial charge in [-0.25, -0.2) is 0 Å². The standard InChI is InChI=1S/C13H12N2O/c1-10-2-4-11(5-3-10)12-6-7-13(9-15-16)14-8-12/h2-8H,9H2,1H3. The maximum atomic E-state index is 10.1. The van der Waals surface area contributed by atoms with E-state index in [9.17, 15) is 4.91 Å². The van der Waals surface area contributed by atoms with Crippen LogP contribution in [-0.4, -0.2) is 4.98 Å². The van der Waals surface area contributed by atoms with Crippen LogP contribution in [0.3, 0.4) is 0 Å². The van der Waals surface area contributed by atoms with Crippen LogP contribution in [0.15, 0.2) is 47.8 Å². The van der Waals surface area contributed by atoms with Gasteiger partial charge in [-0.05, 0) is 18.6 Å². The van der Waals surface area contributed by atoms with Crippen LogP contribution in [0.5, 0.6) is 0 Å². The topological polar surface area (TPSA) is 42.3 Å². The summed E-state index contributed by atoms with van der Waals surface area (Å²) in [5.74, 6) is 0. The molecule has 0 amide bonds. The normalized spacial score (nSPS) is 10.1. The van der Waals surface area contributed by atoms with Crippen molar-refractivity contribution >= 4 is 0 Å². The molecule has 1 aromatic carbocycles. The minimum Gasteiger partial charge on any atom is -0.259 e. The van der Waals surface area contributed by atoms with Crippen LogP contribution in [0.1, 0.15) is 11.3 Å². The van der Waals surface area contributed by atoms with Crippen LogP contribution in [0.4, 0.5) is 0 Å². The van der Waals surface area contributed by atoms with E-state index < -0.39 is 0 Å². The predicted octanol–water partition coefficient (Wildman–Crippen LogP) is 3.32. The first-order valence-corrected chi connectivity index (χ1v) is 5.10. The first-order chi connectivity index (χ1) is 7.79. The van der Waals surface area contributed by atoms with Crippen molar-refractivity contribution in [1.82, 2.24) is 4.98 Å². The highest BCUT2D eigenvalue weighted by Crippen LogP contribution is 2.18. The Morgan fingerprint density at radius 1 is 1.06 bits per heavy atom. The van der Waals surface area contributed by atoms with Crippen molar-refractivity contribution in [3.63, 3.8) is 0 Å². The molecule has 0 spiro atoms. The van der Waals surface area contributed by atoms with Gasteiger partial charge in [-0.2, -0.15) is 4.91 Å². The molecule has 80 valence electrons. The lowest BCUT2D eigenvalue weighted by atomic mass is 10.1. The Morgan fingerprint density at radius 3 is 2.31 bits per heavy atom. The van der Waals surface area contributed by atoms with Gasteiger partial charge < -0.3 is 0 Å². The largest absolute Gasteiger partial charge is 0.259 e. The summed E-state index contributed by atoms with van der Waals surface area (Å²) in [4.78, 5) is 14.3. The van der Waals surface area contributed by atoms with Crippen molar-refractivity contribution in [2.24, 2.45) is 5.18 Å². The highest BCUT2D eigenvalue weighted by atomic mass is 16.3. The predicted molar refractivity (Wildman–Crippen MR) is 63.9 cm³/mol. The lowest BCUT2D eigenvalue weighted by Gasteiger charge is -2.02. The molecule has 16 heavy (non-hydrogen) atoms. The van der Waals surface area contributed by atoms with Crippen molar-refractivity contribution in [2.45, 2.75) is 13.5 Å². The lowest BCUT2D eigenvalue weighted by Crippen LogP contribution is -1.87. The van der Waals surface area contributed by atoms with E-state index >= 15 is 0 Å². The molecule has 3 nitrogen and oxygen atoms in total. The van der Waals surface area contributed by atoms with Crippen molar-refractivity contribution < 1.29 is 0 Å². The van der Waals surface area contributed by atoms with Gasteiger partial charge in [0.1, 0.15) is 6.54 Å². The molecule has 0 saturated carbocycles. The molecule has 0 atom stereocenters. The second-order valence-corrected chi connectivity index (χ2v) is 3.69. The lowest BCUT2D eigenvalue weighted by molar-refractivity contribution is 0.982. The summed E-state index contributed by atoms with van der Waals surface area (Å²) in [6.45, 7) is 2.19. The number of rotatable bonds is 3. The molecule has 0 aliphatic carbocycles. The van der Waals surface area contributed by atoms with Crippen molar-refractivity contribution in [1.29, 1.82) is 0 Å². The van der Waals surface area contributed by atoms with Gasteiger partial charge >= 0.3 is 0 Å². The molecule has 2 aromatic rings. The number of pyridine rings is 1. The third-order valence-corrected chi connectivity index (χ3v) is 2.44. The Morgan fingerprint density at radius 2 is 1.75 bits per heavy atom. The van der Waals surface area contributed by atoms with Crippen LogP contribution >= 0.6 is 0 Å². The zero-order chi connectivity index (χ0) is 11.4. The second kappa shape index (κ2) is 4.66. The molecule has 2 rings (SSSR count). The Bertz CT molecular complexity index is 474. The zero-order valence-electron chi connectivity index (χ0n) is 9.05. The third kappa shape index (κ3) is 2.31. The molecule has 0 aliphatic rings. The fourth-order valence-electron chi connectivity index (χ4n) is 1.50. The van der Waals surface area contributed by atoms with Gasteiger partial charge in [0.2, 0.25) is 0 Å². The molecule has 1 aromatic heterocycles. The van der Waals surface area contributed by atoms with E-state index in [-0.39, 0.29) is 6.54 Å². The molecule has 3 heteroatoms. The smallest absolute Gasteiger partial charge is 0.123 e. The Labute approximate surface area is 94.1 Å². The van der Waals surface area contributed by atoms with E-state index in [1.807, 2.05) is 12.1 Å². The van der Waals surface area contributed by atoms with Gasteiger partial charge in [0.25, 0.3) is 0 Å². The average molecular weight is 212 g/mol. The van der Waals surface area contributed by atoms with E-state index in [1.54, 1.807) is 6.20 Å². The number of hydrogen-bond acceptors (Lipinski definition) is 3. The Balaban J connectivity index is 2.27. The zero-order valence-corrected chi connectivity index (χ0v) is 9.05. The van der Waals surface area contributed by atoms with Crippen LogP contribution in [0.2, 0.25) is 0 Å². The van der Waals surface area contributed by atoms with Gasteiger partial charge in [-0.3, -0.25) is 4.98 Å². The number of nitroso groups, excluding NO2 is 1. The highest BCUT2D eigenvalue weighted by molar-refractivity contribution is 5.62. The summed E-state index contributed by atoms with van der Waals surface area (Å²) >= 11 is 0. The average Bonchev–Trinajstić information content (AvgIpc) is 2.32. The number of benzene rings is 1. The summed E-state index contributed by atoms with van der Waals surface area (Å²) in [5, 5.41) is 2.81. The summed E-state index contributed by atoms with van der Waals surface area (Å²) in [7, 11) is 0. The minimum atomic E-state index is 0.133. The van der Waals surface area contributed by atoms with Crippen LogP contribution in [0, 0.1) is 11.8 Å². The summed E-state index contributed by atoms with van der Waals surface area (Å²) in [5.41, 5.74) is 4.11. The summed E-state index contributed by atoms with van der Waals surface area (Å²) in [6.07, 6.45) is 1.77. The highest BCUT2D eigenvalue weighted by Gasteiger charge is 1.98. The Kier molecular flexibility index (Phi) is 3.05. The van der Waals surface area contributed by atoms with E-state index in [4.69, 9.17) is 0 Å². The first-order valence-electron chi connectivity index (χ1n) is 5.10. The van der Waals surface area contributed by atoms with Gasteiger partial charge in [-0.15, -0.1) is 0 Å². The molecule has 0 unspecified atom stereocenters. The van der Waals surface area contributed by atoms with E-state index in [0.29, 0.717) is 5.69 Å². The molecule has 0 N–H and O–H groups in total. The number of aryl methyl sites for hydroxylation is 1. The molecule has 1 heterocycles. The van der Waals surface area contributed by atoms with Crippen molar-refractivity contribution in [2.75, 3.05) is 0 Å². The fraction of sp³-hybridized carbons (Fsp3) is 0.154. The number of hydrogen-bond donors (Lipinski definition) is 0. The fourth-order valence-corrected chi connectivity index (χ4v) is 1.50. The van der Waals surface area contributed by atoms with Crippen LogP contribution < -0.4 is 0 Å². The molecule has 0 aliphatic heterocycles. The van der Waals surface area contributed by atoms with Crippen LogP contribution in [0.25, 0.3) is 11.1 Å². The van der Waals surface area contributed by atoms with Gasteiger partial charge in [0.15, 0.2) is 0 Å². The maximum Gasteiger partial charge on any atom is 0.123 e. The van der Waals surface area contributed by atoms with E-state index in [0.717, 1.165) is 11.1 Å². The molecular weight excluding hydrogens is 200 g/mol. The SMILES string of the molecule is Cc1ccc(-c2ccc(CN=O)nc2)cc1. The van der Waals surface area contributed by atoms with Crippen molar-refractivity contribution in [3.05, 3.63) is 58.8 Å². The molecule has 0 radical (unpaired) electrons. The first kappa shape index (κ1) is 10.5. The third-order valence-electron chi connectivity index (χ3n) is 2.44. The molecule has 0 bridgehead atoms. The molecular formula is C13H12N2O. The maximum absolute atomic E-state index is 10.1. The van der Waals surface area contributed by atoms with Gasteiger partial charge in [0, 0.05) is 11.8 Å². The molecule has 0 fully saturated rings. The minimum absolute atomic E-state index is 0.133. The second-order valence-electron chi connectivity index (χ2n) is 3.69. The monoisotopic (exact) mass is 212 g/mol. The number of nitrogens with zero attached hydrogens (tertiary/aromatic N) is 2. The number of aromatic nitrogens is 1.